The summed E-state index contributed by atoms with van der Waals surface area (Å²) in [5.74, 6) is 0.664. The van der Waals surface area contributed by atoms with Crippen molar-refractivity contribution in [3.05, 3.63) is 44.7 Å². The highest BCUT2D eigenvalue weighted by molar-refractivity contribution is 9.10. The average Bonchev–Trinajstić information content (AvgIpc) is 3.17. The number of nitrogens with zero attached hydrogens (tertiary/aromatic N) is 1. The minimum absolute atomic E-state index is 0.235. The van der Waals surface area contributed by atoms with Crippen LogP contribution in [0.2, 0.25) is 5.02 Å². The van der Waals surface area contributed by atoms with Gasteiger partial charge in [-0.15, -0.1) is 0 Å². The van der Waals surface area contributed by atoms with E-state index in [9.17, 15) is 9.00 Å². The minimum Gasteiger partial charge on any atom is -0.360 e. The second kappa shape index (κ2) is 5.66. The van der Waals surface area contributed by atoms with Gasteiger partial charge in [-0.2, -0.15) is 0 Å². The van der Waals surface area contributed by atoms with Gasteiger partial charge in [-0.1, -0.05) is 16.8 Å². The zero-order chi connectivity index (χ0) is 15.1. The second-order valence-electron chi connectivity index (χ2n) is 4.90. The molecule has 1 aliphatic rings. The number of aromatic nitrogens is 1. The first kappa shape index (κ1) is 14.9. The summed E-state index contributed by atoms with van der Waals surface area (Å²) in [6, 6.07) is 3.20. The van der Waals surface area contributed by atoms with Crippen molar-refractivity contribution in [1.29, 1.82) is 0 Å². The summed E-state index contributed by atoms with van der Waals surface area (Å²) in [4.78, 5) is 13.1. The number of carbonyl (C=O) groups excluding carboxylic acids is 1. The molecule has 1 aliphatic carbocycles. The predicted octanol–water partition coefficient (Wildman–Crippen LogP) is 3.94. The molecule has 1 aromatic heterocycles. The van der Waals surface area contributed by atoms with Crippen molar-refractivity contribution in [3.8, 4) is 0 Å². The lowest BCUT2D eigenvalue weighted by molar-refractivity contribution is 0.103. The number of ketones is 1. The maximum Gasteiger partial charge on any atom is 0.199 e. The fraction of sp³-hybridized carbons (Fsp3) is 0.286. The lowest BCUT2D eigenvalue weighted by Gasteiger charge is -2.09. The van der Waals surface area contributed by atoms with Gasteiger partial charge in [0.05, 0.1) is 37.0 Å². The molecule has 0 amide bonds. The molecule has 1 unspecified atom stereocenters. The highest BCUT2D eigenvalue weighted by atomic mass is 79.9. The van der Waals surface area contributed by atoms with Crippen LogP contribution < -0.4 is 0 Å². The van der Waals surface area contributed by atoms with Gasteiger partial charge in [-0.3, -0.25) is 9.00 Å². The number of hydrogen-bond acceptors (Lipinski definition) is 4. The minimum atomic E-state index is -1.35. The van der Waals surface area contributed by atoms with Crippen LogP contribution in [0.4, 0.5) is 0 Å². The smallest absolute Gasteiger partial charge is 0.199 e. The molecule has 1 aromatic carbocycles. The van der Waals surface area contributed by atoms with E-state index < -0.39 is 10.8 Å². The Kier molecular flexibility index (Phi) is 4.03. The monoisotopic (exact) mass is 387 g/mol. The summed E-state index contributed by atoms with van der Waals surface area (Å²) in [6.07, 6.45) is 4.96. The van der Waals surface area contributed by atoms with Crippen molar-refractivity contribution in [3.63, 3.8) is 0 Å². The van der Waals surface area contributed by atoms with Crippen LogP contribution in [-0.2, 0) is 10.8 Å². The number of halogens is 2. The van der Waals surface area contributed by atoms with Crippen LogP contribution in [0.25, 0.3) is 0 Å². The summed E-state index contributed by atoms with van der Waals surface area (Å²) in [7, 11) is -1.35. The first-order chi connectivity index (χ1) is 10.0. The van der Waals surface area contributed by atoms with E-state index in [1.54, 1.807) is 12.1 Å². The van der Waals surface area contributed by atoms with Crippen LogP contribution in [0.1, 0.15) is 40.4 Å². The molecular weight excluding hydrogens is 378 g/mol. The number of rotatable bonds is 4. The van der Waals surface area contributed by atoms with Crippen molar-refractivity contribution >= 4 is 44.1 Å². The van der Waals surface area contributed by atoms with Gasteiger partial charge in [-0.05, 0) is 40.9 Å². The number of carbonyl (C=O) groups is 1. The van der Waals surface area contributed by atoms with Gasteiger partial charge in [0.15, 0.2) is 11.5 Å². The molecule has 0 bridgehead atoms. The molecule has 4 nitrogen and oxygen atoms in total. The van der Waals surface area contributed by atoms with Gasteiger partial charge in [-0.25, -0.2) is 0 Å². The molecule has 110 valence electrons. The van der Waals surface area contributed by atoms with E-state index in [1.807, 2.05) is 0 Å². The molecule has 1 atom stereocenters. The lowest BCUT2D eigenvalue weighted by atomic mass is 10.0. The van der Waals surface area contributed by atoms with Crippen LogP contribution in [0, 0.1) is 0 Å². The van der Waals surface area contributed by atoms with Crippen molar-refractivity contribution in [2.45, 2.75) is 23.7 Å². The zero-order valence-electron chi connectivity index (χ0n) is 11.1. The highest BCUT2D eigenvalue weighted by Gasteiger charge is 2.33. The van der Waals surface area contributed by atoms with E-state index in [4.69, 9.17) is 16.1 Å². The Morgan fingerprint density at radius 2 is 2.14 bits per heavy atom. The molecule has 7 heteroatoms. The Morgan fingerprint density at radius 3 is 2.76 bits per heavy atom. The van der Waals surface area contributed by atoms with Gasteiger partial charge in [0.1, 0.15) is 0 Å². The topological polar surface area (TPSA) is 60.2 Å². The van der Waals surface area contributed by atoms with Crippen molar-refractivity contribution in [2.75, 3.05) is 6.26 Å². The Hall–Kier alpha value is -0.980. The molecule has 1 heterocycles. The zero-order valence-corrected chi connectivity index (χ0v) is 14.2. The fourth-order valence-corrected chi connectivity index (χ4v) is 4.27. The third-order valence-corrected chi connectivity index (χ3v) is 6.00. The van der Waals surface area contributed by atoms with E-state index in [0.29, 0.717) is 31.3 Å². The van der Waals surface area contributed by atoms with Crippen molar-refractivity contribution in [2.24, 2.45) is 0 Å². The SMILES string of the molecule is CS(=O)c1c(C(=O)c2cnoc2C2CC2)ccc(Cl)c1Br. The van der Waals surface area contributed by atoms with Gasteiger partial charge in [0.2, 0.25) is 0 Å². The van der Waals surface area contributed by atoms with E-state index >= 15 is 0 Å². The van der Waals surface area contributed by atoms with E-state index in [-0.39, 0.29) is 11.7 Å². The summed E-state index contributed by atoms with van der Waals surface area (Å²) < 4.78 is 17.7. The van der Waals surface area contributed by atoms with Crippen LogP contribution in [0.5, 0.6) is 0 Å². The maximum absolute atomic E-state index is 12.8. The molecule has 21 heavy (non-hydrogen) atoms. The van der Waals surface area contributed by atoms with E-state index in [1.165, 1.54) is 12.5 Å². The number of hydrogen-bond donors (Lipinski definition) is 0. The third-order valence-electron chi connectivity index (χ3n) is 3.37. The van der Waals surface area contributed by atoms with Gasteiger partial charge in [0.25, 0.3) is 0 Å². The van der Waals surface area contributed by atoms with Crippen LogP contribution in [-0.4, -0.2) is 21.4 Å². The molecule has 3 rings (SSSR count). The standard InChI is InChI=1S/C14H11BrClNO3S/c1-21(19)14-8(4-5-10(16)11(14)15)12(18)9-6-17-20-13(9)7-2-3-7/h4-7H,2-3H2,1H3. The molecule has 1 saturated carbocycles. The summed E-state index contributed by atoms with van der Waals surface area (Å²) in [5, 5.41) is 4.16. The van der Waals surface area contributed by atoms with Crippen molar-refractivity contribution in [1.82, 2.24) is 5.16 Å². The summed E-state index contributed by atoms with van der Waals surface area (Å²) in [6.45, 7) is 0. The third kappa shape index (κ3) is 2.72. The van der Waals surface area contributed by atoms with Crippen LogP contribution in [0.3, 0.4) is 0 Å². The lowest BCUT2D eigenvalue weighted by Crippen LogP contribution is -2.08. The van der Waals surface area contributed by atoms with Gasteiger partial charge >= 0.3 is 0 Å². The molecule has 0 radical (unpaired) electrons. The summed E-state index contributed by atoms with van der Waals surface area (Å²) in [5.41, 5.74) is 0.802. The van der Waals surface area contributed by atoms with E-state index in [2.05, 4.69) is 21.1 Å². The Labute approximate surface area is 137 Å². The molecular formula is C14H11BrClNO3S. The molecule has 0 spiro atoms. The first-order valence-electron chi connectivity index (χ1n) is 6.31. The molecule has 0 aliphatic heterocycles. The quantitative estimate of drug-likeness (QED) is 0.744. The highest BCUT2D eigenvalue weighted by Crippen LogP contribution is 2.42. The largest absolute Gasteiger partial charge is 0.360 e. The maximum atomic E-state index is 12.8. The Bertz CT molecular complexity index is 755. The predicted molar refractivity (Wildman–Crippen MR) is 83.4 cm³/mol. The molecule has 1 fully saturated rings. The molecule has 0 N–H and O–H groups in total. The number of benzene rings is 1. The second-order valence-corrected chi connectivity index (χ2v) is 7.42. The van der Waals surface area contributed by atoms with Crippen LogP contribution >= 0.6 is 27.5 Å². The van der Waals surface area contributed by atoms with Crippen molar-refractivity contribution < 1.29 is 13.5 Å². The molecule has 2 aromatic rings. The molecule has 0 saturated heterocycles. The van der Waals surface area contributed by atoms with Gasteiger partial charge < -0.3 is 4.52 Å². The first-order valence-corrected chi connectivity index (χ1v) is 9.04. The normalized spacial score (nSPS) is 16.0. The van der Waals surface area contributed by atoms with Crippen LogP contribution in [0.15, 0.2) is 32.2 Å². The average molecular weight is 389 g/mol. The fourth-order valence-electron chi connectivity index (χ4n) is 2.20. The Morgan fingerprint density at radius 1 is 1.43 bits per heavy atom. The Balaban J connectivity index is 2.11. The van der Waals surface area contributed by atoms with E-state index in [0.717, 1.165) is 12.8 Å². The summed E-state index contributed by atoms with van der Waals surface area (Å²) >= 11 is 9.33. The van der Waals surface area contributed by atoms with Gasteiger partial charge in [0, 0.05) is 17.7 Å².